The topological polar surface area (TPSA) is 81.6 Å². The number of amides is 1. The van der Waals surface area contributed by atoms with Crippen molar-refractivity contribution < 1.29 is 14.7 Å². The highest BCUT2D eigenvalue weighted by Gasteiger charge is 2.37. The first-order valence-corrected chi connectivity index (χ1v) is 7.79. The van der Waals surface area contributed by atoms with Gasteiger partial charge in [0.25, 0.3) is 5.91 Å². The Bertz CT molecular complexity index is 581. The molecule has 22 heavy (non-hydrogen) atoms. The van der Waals surface area contributed by atoms with Crippen molar-refractivity contribution in [2.24, 2.45) is 22.9 Å². The number of benzene rings is 1. The number of nitrogens with one attached hydrogen (secondary N) is 1. The molecule has 0 radical (unpaired) electrons. The average molecular weight is 299 g/mol. The highest BCUT2D eigenvalue weighted by molar-refractivity contribution is 5.97. The van der Waals surface area contributed by atoms with Crippen LogP contribution < -0.4 is 10.5 Å². The van der Waals surface area contributed by atoms with E-state index in [9.17, 15) is 14.7 Å². The van der Waals surface area contributed by atoms with Gasteiger partial charge in [-0.3, -0.25) is 4.79 Å². The number of hydrogen-bond acceptors (Lipinski definition) is 4. The molecule has 3 rings (SSSR count). The Hall–Kier alpha value is -2.17. The van der Waals surface area contributed by atoms with E-state index in [-0.39, 0.29) is 23.7 Å². The van der Waals surface area contributed by atoms with Gasteiger partial charge in [0.2, 0.25) is 0 Å². The molecule has 1 aromatic carbocycles. The zero-order chi connectivity index (χ0) is 15.5. The molecule has 5 heteroatoms. The summed E-state index contributed by atoms with van der Waals surface area (Å²) in [6, 6.07) is 8.95. The van der Waals surface area contributed by atoms with Crippen LogP contribution in [-0.2, 0) is 4.79 Å². The first kappa shape index (κ1) is 14.8. The molecule has 0 aromatic heterocycles. The summed E-state index contributed by atoms with van der Waals surface area (Å²) in [7, 11) is 0. The summed E-state index contributed by atoms with van der Waals surface area (Å²) in [5, 5.41) is 15.5. The Morgan fingerprint density at radius 3 is 2.32 bits per heavy atom. The molecule has 116 valence electrons. The van der Waals surface area contributed by atoms with Crippen LogP contribution in [0, 0.1) is 17.8 Å². The van der Waals surface area contributed by atoms with Crippen molar-refractivity contribution in [2.45, 2.75) is 32.1 Å². The normalized spacial score (nSPS) is 29.1. The summed E-state index contributed by atoms with van der Waals surface area (Å²) in [4.78, 5) is 23.2. The first-order chi connectivity index (χ1) is 10.6. The molecule has 2 fully saturated rings. The van der Waals surface area contributed by atoms with Gasteiger partial charge in [-0.25, -0.2) is 5.43 Å². The van der Waals surface area contributed by atoms with Crippen LogP contribution in [0.2, 0.25) is 0 Å². The molecule has 2 bridgehead atoms. The van der Waals surface area contributed by atoms with Crippen LogP contribution in [0.5, 0.6) is 0 Å². The molecule has 1 unspecified atom stereocenters. The minimum atomic E-state index is -0.954. The lowest BCUT2D eigenvalue weighted by Crippen LogP contribution is -2.44. The summed E-state index contributed by atoms with van der Waals surface area (Å²) in [5.74, 6) is -1.24. The van der Waals surface area contributed by atoms with Crippen molar-refractivity contribution in [2.75, 3.05) is 0 Å². The predicted molar refractivity (Wildman–Crippen MR) is 79.9 cm³/mol. The van der Waals surface area contributed by atoms with Crippen molar-refractivity contribution in [1.29, 1.82) is 0 Å². The number of fused-ring (bicyclic) bond motifs is 2. The van der Waals surface area contributed by atoms with Crippen LogP contribution in [0.1, 0.15) is 42.5 Å². The quantitative estimate of drug-likeness (QED) is 0.855. The molecule has 2 aliphatic carbocycles. The van der Waals surface area contributed by atoms with Crippen molar-refractivity contribution in [3.8, 4) is 0 Å². The van der Waals surface area contributed by atoms with E-state index in [1.54, 1.807) is 12.1 Å². The smallest absolute Gasteiger partial charge is 0.271 e. The van der Waals surface area contributed by atoms with E-state index in [4.69, 9.17) is 0 Å². The molecule has 1 aromatic rings. The Morgan fingerprint density at radius 2 is 1.73 bits per heavy atom. The Morgan fingerprint density at radius 1 is 1.09 bits per heavy atom. The lowest BCUT2D eigenvalue weighted by atomic mass is 9.66. The van der Waals surface area contributed by atoms with Crippen molar-refractivity contribution >= 4 is 17.6 Å². The number of hydrogen-bond donors (Lipinski definition) is 1. The van der Waals surface area contributed by atoms with Crippen molar-refractivity contribution in [1.82, 2.24) is 5.43 Å². The van der Waals surface area contributed by atoms with E-state index >= 15 is 0 Å². The van der Waals surface area contributed by atoms with Gasteiger partial charge in [-0.1, -0.05) is 24.6 Å². The maximum absolute atomic E-state index is 12.1. The van der Waals surface area contributed by atoms with Gasteiger partial charge < -0.3 is 9.90 Å². The van der Waals surface area contributed by atoms with Gasteiger partial charge in [-0.15, -0.1) is 0 Å². The number of nitrogens with zero attached hydrogens (tertiary/aromatic N) is 1. The Labute approximate surface area is 129 Å². The van der Waals surface area contributed by atoms with Gasteiger partial charge in [0.1, 0.15) is 0 Å². The molecule has 0 aliphatic heterocycles. The van der Waals surface area contributed by atoms with Gasteiger partial charge in [-0.05, 0) is 55.6 Å². The molecule has 2 aliphatic rings. The van der Waals surface area contributed by atoms with Crippen LogP contribution in [0.4, 0.5) is 0 Å². The molecule has 3 atom stereocenters. The van der Waals surface area contributed by atoms with Gasteiger partial charge in [0.15, 0.2) is 0 Å². The number of hydrazone groups is 1. The van der Waals surface area contributed by atoms with E-state index in [0.717, 1.165) is 25.0 Å². The van der Waals surface area contributed by atoms with Crippen molar-refractivity contribution in [3.63, 3.8) is 0 Å². The summed E-state index contributed by atoms with van der Waals surface area (Å²) < 4.78 is 0. The summed E-state index contributed by atoms with van der Waals surface area (Å²) in [5.41, 5.74) is 4.16. The van der Waals surface area contributed by atoms with Crippen LogP contribution in [0.15, 0.2) is 35.4 Å². The molecule has 1 N–H and O–H groups in total. The highest BCUT2D eigenvalue weighted by atomic mass is 16.4. The molecule has 2 saturated carbocycles. The molecule has 0 spiro atoms. The number of rotatable bonds is 3. The van der Waals surface area contributed by atoms with E-state index < -0.39 is 5.97 Å². The van der Waals surface area contributed by atoms with E-state index in [1.165, 1.54) is 0 Å². The second kappa shape index (κ2) is 6.30. The third-order valence-corrected chi connectivity index (χ3v) is 4.74. The number of aliphatic carboxylic acids is 1. The van der Waals surface area contributed by atoms with E-state index in [0.29, 0.717) is 18.4 Å². The summed E-state index contributed by atoms with van der Waals surface area (Å²) >= 11 is 0. The Kier molecular flexibility index (Phi) is 4.22. The van der Waals surface area contributed by atoms with E-state index in [2.05, 4.69) is 10.5 Å². The molecule has 0 heterocycles. The Balaban J connectivity index is 1.71. The maximum atomic E-state index is 12.1. The first-order valence-electron chi connectivity index (χ1n) is 7.79. The minimum Gasteiger partial charge on any atom is -0.550 e. The predicted octanol–water partition coefficient (Wildman–Crippen LogP) is 1.35. The number of carboxylic acid groups (broad SMARTS) is 1. The third-order valence-electron chi connectivity index (χ3n) is 4.74. The summed E-state index contributed by atoms with van der Waals surface area (Å²) in [6.07, 6.45) is 4.15. The highest BCUT2D eigenvalue weighted by Crippen LogP contribution is 2.40. The lowest BCUT2D eigenvalue weighted by molar-refractivity contribution is -0.312. The number of carbonyl (C=O) groups excluding carboxylic acids is 2. The number of carboxylic acids is 1. The fourth-order valence-electron chi connectivity index (χ4n) is 3.64. The zero-order valence-electron chi connectivity index (χ0n) is 12.3. The van der Waals surface area contributed by atoms with Gasteiger partial charge >= 0.3 is 0 Å². The minimum absolute atomic E-state index is 0.159. The molecule has 0 saturated heterocycles. The fourth-order valence-corrected chi connectivity index (χ4v) is 3.64. The standard InChI is InChI=1S/C17H20N2O3/c20-16(11-5-2-1-3-6-11)19-18-15-12-7-4-8-13(15)10-14(9-12)17(21)22/h1-3,5-6,12-14H,4,7-10H2,(H,19,20)(H,21,22)/p-1/t12-,13+,14?. The maximum Gasteiger partial charge on any atom is 0.271 e. The van der Waals surface area contributed by atoms with Gasteiger partial charge in [0.05, 0.1) is 0 Å². The second-order valence-corrected chi connectivity index (χ2v) is 6.16. The third kappa shape index (κ3) is 3.03. The summed E-state index contributed by atoms with van der Waals surface area (Å²) in [6.45, 7) is 0. The number of carbonyl (C=O) groups is 2. The van der Waals surface area contributed by atoms with Crippen LogP contribution in [0.3, 0.4) is 0 Å². The van der Waals surface area contributed by atoms with Crippen LogP contribution in [-0.4, -0.2) is 17.6 Å². The molecule has 5 nitrogen and oxygen atoms in total. The lowest BCUT2D eigenvalue weighted by Gasteiger charge is -2.40. The molecule has 1 amide bonds. The second-order valence-electron chi connectivity index (χ2n) is 6.16. The fraction of sp³-hybridized carbons (Fsp3) is 0.471. The zero-order valence-corrected chi connectivity index (χ0v) is 12.3. The van der Waals surface area contributed by atoms with Crippen molar-refractivity contribution in [3.05, 3.63) is 35.9 Å². The monoisotopic (exact) mass is 299 g/mol. The van der Waals surface area contributed by atoms with Crippen LogP contribution >= 0.6 is 0 Å². The molecular weight excluding hydrogens is 280 g/mol. The van der Waals surface area contributed by atoms with Gasteiger partial charge in [0, 0.05) is 17.2 Å². The SMILES string of the molecule is O=C(NN=C1[C@@H]2CCC[C@H]1CC(C(=O)[O-])C2)c1ccccc1. The van der Waals surface area contributed by atoms with Gasteiger partial charge in [-0.2, -0.15) is 5.10 Å². The largest absolute Gasteiger partial charge is 0.550 e. The molecular formula is C17H19N2O3-. The average Bonchev–Trinajstić information content (AvgIpc) is 2.52. The van der Waals surface area contributed by atoms with Crippen LogP contribution in [0.25, 0.3) is 0 Å². The van der Waals surface area contributed by atoms with E-state index in [1.807, 2.05) is 18.2 Å².